The van der Waals surface area contributed by atoms with Crippen molar-refractivity contribution in [1.29, 1.82) is 0 Å². The molecule has 1 aromatic carbocycles. The lowest BCUT2D eigenvalue weighted by atomic mass is 9.91. The van der Waals surface area contributed by atoms with Crippen LogP contribution in [0.25, 0.3) is 0 Å². The molecular formula is C18H28N2O3. The zero-order valence-electron chi connectivity index (χ0n) is 14.0. The van der Waals surface area contributed by atoms with E-state index in [4.69, 9.17) is 9.84 Å². The number of carboxylic acids is 1. The number of ether oxygens (including phenoxy) is 1. The Bertz CT molecular complexity index is 490. The van der Waals surface area contributed by atoms with Crippen LogP contribution in [0.1, 0.15) is 57.6 Å². The van der Waals surface area contributed by atoms with Crippen molar-refractivity contribution in [2.24, 2.45) is 5.92 Å². The summed E-state index contributed by atoms with van der Waals surface area (Å²) in [6, 6.07) is 7.38. The Labute approximate surface area is 138 Å². The third-order valence-corrected chi connectivity index (χ3v) is 4.47. The Morgan fingerprint density at radius 1 is 1.13 bits per heavy atom. The Morgan fingerprint density at radius 2 is 1.83 bits per heavy atom. The molecule has 1 aliphatic heterocycles. The van der Waals surface area contributed by atoms with Gasteiger partial charge in [0.05, 0.1) is 12.6 Å². The number of carboxylic acid groups (broad SMARTS) is 1. The first-order valence-electron chi connectivity index (χ1n) is 8.60. The van der Waals surface area contributed by atoms with E-state index in [1.165, 1.54) is 25.7 Å². The quantitative estimate of drug-likeness (QED) is 0.609. The normalized spacial score (nSPS) is 23.8. The Morgan fingerprint density at radius 3 is 2.43 bits per heavy atom. The lowest BCUT2D eigenvalue weighted by Gasteiger charge is -2.17. The third kappa shape index (κ3) is 4.94. The van der Waals surface area contributed by atoms with Crippen LogP contribution in [-0.4, -0.2) is 23.7 Å². The van der Waals surface area contributed by atoms with Gasteiger partial charge in [0.1, 0.15) is 11.8 Å². The SMILES string of the molecule is CCCCCCCOc1ccc(C2NNC(C(=O)O)C2C)cc1. The van der Waals surface area contributed by atoms with E-state index in [0.29, 0.717) is 0 Å². The van der Waals surface area contributed by atoms with E-state index >= 15 is 0 Å². The fraction of sp³-hybridized carbons (Fsp3) is 0.611. The minimum atomic E-state index is -0.824. The third-order valence-electron chi connectivity index (χ3n) is 4.47. The number of hydrazine groups is 1. The van der Waals surface area contributed by atoms with Crippen LogP contribution in [0.3, 0.4) is 0 Å². The number of unbranched alkanes of at least 4 members (excludes halogenated alkanes) is 4. The molecule has 0 amide bonds. The minimum absolute atomic E-state index is 0.000746. The molecule has 1 aromatic rings. The lowest BCUT2D eigenvalue weighted by molar-refractivity contribution is -0.140. The van der Waals surface area contributed by atoms with E-state index in [0.717, 1.165) is 24.3 Å². The fourth-order valence-corrected chi connectivity index (χ4v) is 2.98. The number of aliphatic carboxylic acids is 1. The Kier molecular flexibility index (Phi) is 6.86. The van der Waals surface area contributed by atoms with Gasteiger partial charge in [0.2, 0.25) is 0 Å². The van der Waals surface area contributed by atoms with Crippen LogP contribution in [0.2, 0.25) is 0 Å². The summed E-state index contributed by atoms with van der Waals surface area (Å²) in [5.74, 6) is 0.0333. The smallest absolute Gasteiger partial charge is 0.322 e. The monoisotopic (exact) mass is 320 g/mol. The number of benzene rings is 1. The van der Waals surface area contributed by atoms with Crippen molar-refractivity contribution in [3.8, 4) is 5.75 Å². The molecular weight excluding hydrogens is 292 g/mol. The number of hydrogen-bond acceptors (Lipinski definition) is 4. The van der Waals surface area contributed by atoms with E-state index in [-0.39, 0.29) is 12.0 Å². The summed E-state index contributed by atoms with van der Waals surface area (Å²) < 4.78 is 5.76. The van der Waals surface area contributed by atoms with Crippen LogP contribution in [0.15, 0.2) is 24.3 Å². The highest BCUT2D eigenvalue weighted by atomic mass is 16.5. The Balaban J connectivity index is 1.80. The van der Waals surface area contributed by atoms with Gasteiger partial charge >= 0.3 is 5.97 Å². The highest BCUT2D eigenvalue weighted by Gasteiger charge is 2.37. The van der Waals surface area contributed by atoms with Crippen molar-refractivity contribution < 1.29 is 14.6 Å². The molecule has 128 valence electrons. The maximum absolute atomic E-state index is 11.1. The molecule has 23 heavy (non-hydrogen) atoms. The molecule has 0 saturated carbocycles. The molecule has 5 nitrogen and oxygen atoms in total. The summed E-state index contributed by atoms with van der Waals surface area (Å²) in [6.07, 6.45) is 6.15. The van der Waals surface area contributed by atoms with E-state index in [2.05, 4.69) is 17.8 Å². The molecule has 0 spiro atoms. The topological polar surface area (TPSA) is 70.6 Å². The molecule has 1 heterocycles. The molecule has 0 bridgehead atoms. The molecule has 1 aliphatic rings. The highest BCUT2D eigenvalue weighted by Crippen LogP contribution is 2.29. The van der Waals surface area contributed by atoms with E-state index in [1.54, 1.807) is 0 Å². The number of nitrogens with one attached hydrogen (secondary N) is 2. The van der Waals surface area contributed by atoms with Crippen LogP contribution in [-0.2, 0) is 4.79 Å². The van der Waals surface area contributed by atoms with Gasteiger partial charge in [0.15, 0.2) is 0 Å². The Hall–Kier alpha value is -1.59. The van der Waals surface area contributed by atoms with Crippen molar-refractivity contribution in [3.63, 3.8) is 0 Å². The van der Waals surface area contributed by atoms with Gasteiger partial charge in [-0.15, -0.1) is 0 Å². The van der Waals surface area contributed by atoms with E-state index in [1.807, 2.05) is 31.2 Å². The fourth-order valence-electron chi connectivity index (χ4n) is 2.98. The molecule has 1 saturated heterocycles. The molecule has 5 heteroatoms. The van der Waals surface area contributed by atoms with Crippen LogP contribution in [0.5, 0.6) is 5.75 Å². The second kappa shape index (κ2) is 8.89. The van der Waals surface area contributed by atoms with Gasteiger partial charge in [0.25, 0.3) is 0 Å². The summed E-state index contributed by atoms with van der Waals surface area (Å²) in [5, 5.41) is 9.14. The highest BCUT2D eigenvalue weighted by molar-refractivity contribution is 5.74. The summed E-state index contributed by atoms with van der Waals surface area (Å²) in [4.78, 5) is 11.1. The largest absolute Gasteiger partial charge is 0.494 e. The average Bonchev–Trinajstić information content (AvgIpc) is 2.93. The van der Waals surface area contributed by atoms with Gasteiger partial charge in [-0.05, 0) is 24.1 Å². The average molecular weight is 320 g/mol. The summed E-state index contributed by atoms with van der Waals surface area (Å²) in [5.41, 5.74) is 6.99. The second-order valence-corrected chi connectivity index (χ2v) is 6.27. The number of carbonyl (C=O) groups is 1. The van der Waals surface area contributed by atoms with Gasteiger partial charge in [-0.25, -0.2) is 10.9 Å². The van der Waals surface area contributed by atoms with Crippen molar-refractivity contribution in [3.05, 3.63) is 29.8 Å². The summed E-state index contributed by atoms with van der Waals surface area (Å²) >= 11 is 0. The summed E-state index contributed by atoms with van der Waals surface area (Å²) in [7, 11) is 0. The van der Waals surface area contributed by atoms with Crippen LogP contribution in [0, 0.1) is 5.92 Å². The first-order chi connectivity index (χ1) is 11.1. The maximum atomic E-state index is 11.1. The van der Waals surface area contributed by atoms with Crippen molar-refractivity contribution in [2.75, 3.05) is 6.61 Å². The first kappa shape index (κ1) is 17.8. The van der Waals surface area contributed by atoms with Crippen LogP contribution in [0.4, 0.5) is 0 Å². The first-order valence-corrected chi connectivity index (χ1v) is 8.60. The lowest BCUT2D eigenvalue weighted by Crippen LogP contribution is -2.37. The predicted octanol–water partition coefficient (Wildman–Crippen LogP) is 3.27. The maximum Gasteiger partial charge on any atom is 0.322 e. The van der Waals surface area contributed by atoms with Gasteiger partial charge in [-0.3, -0.25) is 4.79 Å². The molecule has 0 aromatic heterocycles. The molecule has 3 unspecified atom stereocenters. The number of rotatable bonds is 9. The standard InChI is InChI=1S/C18H28N2O3/c1-3-4-5-6-7-12-23-15-10-8-14(9-11-15)16-13(2)17(18(21)22)20-19-16/h8-11,13,16-17,19-20H,3-7,12H2,1-2H3,(H,21,22). The summed E-state index contributed by atoms with van der Waals surface area (Å²) in [6.45, 7) is 4.91. The number of hydrogen-bond donors (Lipinski definition) is 3. The molecule has 3 atom stereocenters. The van der Waals surface area contributed by atoms with Gasteiger partial charge in [-0.1, -0.05) is 51.7 Å². The van der Waals surface area contributed by atoms with Gasteiger partial charge < -0.3 is 9.84 Å². The molecule has 0 aliphatic carbocycles. The molecule has 3 N–H and O–H groups in total. The predicted molar refractivity (Wildman–Crippen MR) is 90.3 cm³/mol. The van der Waals surface area contributed by atoms with Crippen LogP contribution < -0.4 is 15.6 Å². The molecule has 2 rings (SSSR count). The van der Waals surface area contributed by atoms with Gasteiger partial charge in [0, 0.05) is 5.92 Å². The second-order valence-electron chi connectivity index (χ2n) is 6.27. The zero-order chi connectivity index (χ0) is 16.7. The minimum Gasteiger partial charge on any atom is -0.494 e. The van der Waals surface area contributed by atoms with E-state index < -0.39 is 12.0 Å². The molecule has 1 fully saturated rings. The van der Waals surface area contributed by atoms with Crippen molar-refractivity contribution >= 4 is 5.97 Å². The molecule has 0 radical (unpaired) electrons. The zero-order valence-corrected chi connectivity index (χ0v) is 14.0. The van der Waals surface area contributed by atoms with Gasteiger partial charge in [-0.2, -0.15) is 0 Å². The van der Waals surface area contributed by atoms with Crippen LogP contribution >= 0.6 is 0 Å². The van der Waals surface area contributed by atoms with Crippen molar-refractivity contribution in [1.82, 2.24) is 10.9 Å². The van der Waals surface area contributed by atoms with E-state index in [9.17, 15) is 4.79 Å². The van der Waals surface area contributed by atoms with Crippen molar-refractivity contribution in [2.45, 2.75) is 58.0 Å².